The van der Waals surface area contributed by atoms with E-state index in [1.807, 2.05) is 49.4 Å². The topological polar surface area (TPSA) is 46.2 Å². The highest BCUT2D eigenvalue weighted by molar-refractivity contribution is 7.91. The Morgan fingerprint density at radius 1 is 0.950 bits per heavy atom. The van der Waals surface area contributed by atoms with Crippen LogP contribution in [0, 0.1) is 6.92 Å². The van der Waals surface area contributed by atoms with Crippen LogP contribution in [0.15, 0.2) is 59.5 Å². The van der Waals surface area contributed by atoms with Crippen LogP contribution in [0.3, 0.4) is 0 Å². The predicted molar refractivity (Wildman–Crippen MR) is 81.4 cm³/mol. The molecular formula is C16H19NO2S. The summed E-state index contributed by atoms with van der Waals surface area (Å²) in [4.78, 5) is 0.393. The van der Waals surface area contributed by atoms with Crippen molar-refractivity contribution in [2.45, 2.75) is 18.4 Å². The van der Waals surface area contributed by atoms with Crippen LogP contribution in [0.25, 0.3) is 0 Å². The first-order valence-electron chi connectivity index (χ1n) is 6.62. The molecule has 0 aromatic heterocycles. The van der Waals surface area contributed by atoms with Gasteiger partial charge in [0.1, 0.15) is 0 Å². The molecule has 0 aliphatic heterocycles. The molecule has 0 saturated heterocycles. The highest BCUT2D eigenvalue weighted by atomic mass is 32.2. The summed E-state index contributed by atoms with van der Waals surface area (Å²) in [6, 6.07) is 16.9. The maximum absolute atomic E-state index is 12.1. The fourth-order valence-corrected chi connectivity index (χ4v) is 3.10. The second-order valence-electron chi connectivity index (χ2n) is 4.79. The molecule has 4 heteroatoms. The van der Waals surface area contributed by atoms with Crippen LogP contribution < -0.4 is 5.32 Å². The quantitative estimate of drug-likeness (QED) is 0.831. The van der Waals surface area contributed by atoms with E-state index < -0.39 is 9.84 Å². The van der Waals surface area contributed by atoms with Gasteiger partial charge in [-0.25, -0.2) is 8.42 Å². The summed E-state index contributed by atoms with van der Waals surface area (Å²) in [5.41, 5.74) is 2.21. The van der Waals surface area contributed by atoms with Gasteiger partial charge in [-0.1, -0.05) is 48.0 Å². The SMILES string of the molecule is Cc1ccc(S(=O)(=O)CCNCc2ccccc2)cc1. The van der Waals surface area contributed by atoms with Gasteiger partial charge in [0, 0.05) is 13.1 Å². The molecule has 2 aromatic rings. The normalized spacial score (nSPS) is 11.4. The zero-order valence-corrected chi connectivity index (χ0v) is 12.4. The van der Waals surface area contributed by atoms with Crippen molar-refractivity contribution < 1.29 is 8.42 Å². The average molecular weight is 289 g/mol. The summed E-state index contributed by atoms with van der Waals surface area (Å²) in [7, 11) is -3.19. The van der Waals surface area contributed by atoms with E-state index in [1.54, 1.807) is 12.1 Å². The number of hydrogen-bond acceptors (Lipinski definition) is 3. The number of rotatable bonds is 6. The third-order valence-corrected chi connectivity index (χ3v) is 4.83. The summed E-state index contributed by atoms with van der Waals surface area (Å²) in [5.74, 6) is 0.114. The van der Waals surface area contributed by atoms with Gasteiger partial charge >= 0.3 is 0 Å². The van der Waals surface area contributed by atoms with E-state index in [0.29, 0.717) is 18.0 Å². The molecule has 3 nitrogen and oxygen atoms in total. The van der Waals surface area contributed by atoms with Gasteiger partial charge in [0.05, 0.1) is 10.6 Å². The van der Waals surface area contributed by atoms with E-state index in [2.05, 4.69) is 5.32 Å². The number of aryl methyl sites for hydroxylation is 1. The molecule has 0 aliphatic rings. The molecule has 0 heterocycles. The maximum Gasteiger partial charge on any atom is 0.179 e. The Kier molecular flexibility index (Phi) is 4.93. The van der Waals surface area contributed by atoms with Crippen molar-refractivity contribution in [2.24, 2.45) is 0 Å². The molecule has 0 atom stereocenters. The monoisotopic (exact) mass is 289 g/mol. The number of nitrogens with one attached hydrogen (secondary N) is 1. The van der Waals surface area contributed by atoms with Gasteiger partial charge in [-0.05, 0) is 24.6 Å². The first-order chi connectivity index (χ1) is 9.58. The lowest BCUT2D eigenvalue weighted by atomic mass is 10.2. The van der Waals surface area contributed by atoms with Gasteiger partial charge < -0.3 is 5.32 Å². The largest absolute Gasteiger partial charge is 0.312 e. The third kappa shape index (κ3) is 4.18. The second kappa shape index (κ2) is 6.68. The summed E-state index contributed by atoms with van der Waals surface area (Å²) in [5, 5.41) is 3.16. The molecule has 0 bridgehead atoms. The summed E-state index contributed by atoms with van der Waals surface area (Å²) in [6.07, 6.45) is 0. The van der Waals surface area contributed by atoms with E-state index in [1.165, 1.54) is 0 Å². The van der Waals surface area contributed by atoms with Crippen LogP contribution in [0.1, 0.15) is 11.1 Å². The van der Waals surface area contributed by atoms with Crippen LogP contribution in [0.5, 0.6) is 0 Å². The minimum absolute atomic E-state index is 0.114. The van der Waals surface area contributed by atoms with Gasteiger partial charge in [-0.15, -0.1) is 0 Å². The van der Waals surface area contributed by atoms with Crippen LogP contribution in [-0.4, -0.2) is 20.7 Å². The molecule has 0 amide bonds. The Bertz CT molecular complexity index is 634. The van der Waals surface area contributed by atoms with Gasteiger partial charge in [0.25, 0.3) is 0 Å². The fraction of sp³-hybridized carbons (Fsp3) is 0.250. The molecular weight excluding hydrogens is 270 g/mol. The Hall–Kier alpha value is -1.65. The van der Waals surface area contributed by atoms with E-state index in [0.717, 1.165) is 11.1 Å². The molecule has 0 radical (unpaired) electrons. The molecule has 0 saturated carbocycles. The van der Waals surface area contributed by atoms with Crippen molar-refractivity contribution in [3.63, 3.8) is 0 Å². The maximum atomic E-state index is 12.1. The molecule has 0 aliphatic carbocycles. The number of benzene rings is 2. The van der Waals surface area contributed by atoms with E-state index in [9.17, 15) is 8.42 Å². The molecule has 0 spiro atoms. The molecule has 0 fully saturated rings. The van der Waals surface area contributed by atoms with Gasteiger partial charge in [0.2, 0.25) is 0 Å². The highest BCUT2D eigenvalue weighted by Gasteiger charge is 2.13. The molecule has 2 aromatic carbocycles. The van der Waals surface area contributed by atoms with Gasteiger partial charge in [-0.2, -0.15) is 0 Å². The standard InChI is InChI=1S/C16H19NO2S/c1-14-7-9-16(10-8-14)20(18,19)12-11-17-13-15-5-3-2-4-6-15/h2-10,17H,11-13H2,1H3. The lowest BCUT2D eigenvalue weighted by Crippen LogP contribution is -2.22. The molecule has 2 rings (SSSR count). The van der Waals surface area contributed by atoms with Gasteiger partial charge in [0.15, 0.2) is 9.84 Å². The Morgan fingerprint density at radius 3 is 2.25 bits per heavy atom. The molecule has 1 N–H and O–H groups in total. The lowest BCUT2D eigenvalue weighted by molar-refractivity contribution is 0.590. The van der Waals surface area contributed by atoms with Crippen LogP contribution in [0.2, 0.25) is 0 Å². The number of sulfone groups is 1. The first kappa shape index (κ1) is 14.8. The average Bonchev–Trinajstić information content (AvgIpc) is 2.45. The van der Waals surface area contributed by atoms with E-state index in [4.69, 9.17) is 0 Å². The second-order valence-corrected chi connectivity index (χ2v) is 6.90. The fourth-order valence-electron chi connectivity index (χ4n) is 1.90. The zero-order chi connectivity index (χ0) is 14.4. The smallest absolute Gasteiger partial charge is 0.179 e. The van der Waals surface area contributed by atoms with Crippen molar-refractivity contribution in [3.8, 4) is 0 Å². The summed E-state index contributed by atoms with van der Waals surface area (Å²) < 4.78 is 24.2. The Balaban J connectivity index is 1.85. The van der Waals surface area contributed by atoms with Crippen LogP contribution in [0.4, 0.5) is 0 Å². The van der Waals surface area contributed by atoms with Gasteiger partial charge in [-0.3, -0.25) is 0 Å². The third-order valence-electron chi connectivity index (χ3n) is 3.10. The van der Waals surface area contributed by atoms with Crippen molar-refractivity contribution in [1.29, 1.82) is 0 Å². The highest BCUT2D eigenvalue weighted by Crippen LogP contribution is 2.11. The minimum Gasteiger partial charge on any atom is -0.312 e. The predicted octanol–water partition coefficient (Wildman–Crippen LogP) is 2.56. The van der Waals surface area contributed by atoms with Crippen LogP contribution >= 0.6 is 0 Å². The summed E-state index contributed by atoms with van der Waals surface area (Å²) in [6.45, 7) is 3.08. The van der Waals surface area contributed by atoms with Crippen molar-refractivity contribution in [3.05, 3.63) is 65.7 Å². The van der Waals surface area contributed by atoms with E-state index >= 15 is 0 Å². The van der Waals surface area contributed by atoms with Crippen LogP contribution in [-0.2, 0) is 16.4 Å². The zero-order valence-electron chi connectivity index (χ0n) is 11.5. The first-order valence-corrected chi connectivity index (χ1v) is 8.27. The molecule has 0 unspecified atom stereocenters. The molecule has 106 valence electrons. The number of hydrogen-bond donors (Lipinski definition) is 1. The van der Waals surface area contributed by atoms with Crippen molar-refractivity contribution in [1.82, 2.24) is 5.32 Å². The Labute approximate surface area is 120 Å². The minimum atomic E-state index is -3.19. The van der Waals surface area contributed by atoms with Crippen molar-refractivity contribution in [2.75, 3.05) is 12.3 Å². The molecule has 20 heavy (non-hydrogen) atoms. The summed E-state index contributed by atoms with van der Waals surface area (Å²) >= 11 is 0. The van der Waals surface area contributed by atoms with Crippen molar-refractivity contribution >= 4 is 9.84 Å². The lowest BCUT2D eigenvalue weighted by Gasteiger charge is -2.07. The van der Waals surface area contributed by atoms with E-state index in [-0.39, 0.29) is 5.75 Å². The Morgan fingerprint density at radius 2 is 1.60 bits per heavy atom.